The van der Waals surface area contributed by atoms with Crippen molar-refractivity contribution in [3.05, 3.63) is 10.5 Å². The standard InChI is InChI=1S/C5H9N4O3P/c1-2-12-4(10)3-8-5(11)9(13)7-6-8/h2-3,13H2,1H3. The average Bonchev–Trinajstić information content (AvgIpc) is 2.37. The predicted molar refractivity (Wildman–Crippen MR) is 46.0 cm³/mol. The van der Waals surface area contributed by atoms with E-state index in [9.17, 15) is 9.59 Å². The smallest absolute Gasteiger partial charge is 0.367 e. The molecule has 1 unspecified atom stereocenters. The number of hydrogen-bond donors (Lipinski definition) is 0. The molecular formula is C5H9N4O3P. The Balaban J connectivity index is 2.69. The summed E-state index contributed by atoms with van der Waals surface area (Å²) in [7, 11) is 2.05. The first-order valence-corrected chi connectivity index (χ1v) is 4.10. The maximum atomic E-state index is 11.1. The molecule has 13 heavy (non-hydrogen) atoms. The van der Waals surface area contributed by atoms with Gasteiger partial charge in [-0.25, -0.2) is 4.79 Å². The summed E-state index contributed by atoms with van der Waals surface area (Å²) >= 11 is 0. The summed E-state index contributed by atoms with van der Waals surface area (Å²) in [6, 6.07) is 0. The van der Waals surface area contributed by atoms with Crippen LogP contribution in [-0.4, -0.2) is 32.1 Å². The van der Waals surface area contributed by atoms with Crippen LogP contribution in [0.2, 0.25) is 0 Å². The van der Waals surface area contributed by atoms with Crippen molar-refractivity contribution in [3.8, 4) is 0 Å². The number of carbonyl (C=O) groups is 1. The predicted octanol–water partition coefficient (Wildman–Crippen LogP) is -1.36. The van der Waals surface area contributed by atoms with Gasteiger partial charge in [0.2, 0.25) is 0 Å². The largest absolute Gasteiger partial charge is 0.465 e. The first kappa shape index (κ1) is 9.85. The zero-order valence-electron chi connectivity index (χ0n) is 7.01. The Kier molecular flexibility index (Phi) is 3.13. The van der Waals surface area contributed by atoms with Gasteiger partial charge in [0.1, 0.15) is 6.54 Å². The summed E-state index contributed by atoms with van der Waals surface area (Å²) in [5, 5.41) is 6.83. The molecule has 0 saturated carbocycles. The molecule has 0 N–H and O–H groups in total. The average molecular weight is 204 g/mol. The molecule has 1 rings (SSSR count). The van der Waals surface area contributed by atoms with E-state index < -0.39 is 11.7 Å². The van der Waals surface area contributed by atoms with E-state index >= 15 is 0 Å². The Morgan fingerprint density at radius 1 is 1.62 bits per heavy atom. The van der Waals surface area contributed by atoms with Crippen LogP contribution in [0.25, 0.3) is 0 Å². The molecule has 72 valence electrons. The van der Waals surface area contributed by atoms with E-state index in [-0.39, 0.29) is 13.2 Å². The minimum absolute atomic E-state index is 0.207. The van der Waals surface area contributed by atoms with Crippen LogP contribution in [0.3, 0.4) is 0 Å². The van der Waals surface area contributed by atoms with Crippen LogP contribution in [0.5, 0.6) is 0 Å². The molecule has 0 spiro atoms. The van der Waals surface area contributed by atoms with Gasteiger partial charge in [0.05, 0.1) is 6.61 Å². The number of esters is 1. The summed E-state index contributed by atoms with van der Waals surface area (Å²) in [6.45, 7) is 1.76. The van der Waals surface area contributed by atoms with Gasteiger partial charge < -0.3 is 4.74 Å². The second-order valence-corrected chi connectivity index (χ2v) is 2.66. The molecule has 0 saturated heterocycles. The first-order chi connectivity index (χ1) is 6.15. The molecular weight excluding hydrogens is 195 g/mol. The topological polar surface area (TPSA) is 79.0 Å². The zero-order valence-corrected chi connectivity index (χ0v) is 8.16. The number of rotatable bonds is 3. The van der Waals surface area contributed by atoms with Gasteiger partial charge >= 0.3 is 11.7 Å². The number of ether oxygens (including phenoxy) is 1. The highest BCUT2D eigenvalue weighted by molar-refractivity contribution is 7.14. The van der Waals surface area contributed by atoms with Crippen LogP contribution in [0.15, 0.2) is 4.79 Å². The van der Waals surface area contributed by atoms with Crippen LogP contribution in [0, 0.1) is 0 Å². The van der Waals surface area contributed by atoms with Crippen LogP contribution < -0.4 is 5.69 Å². The maximum Gasteiger partial charge on any atom is 0.367 e. The Labute approximate surface area is 75.9 Å². The number of aromatic nitrogens is 4. The highest BCUT2D eigenvalue weighted by Gasteiger charge is 2.08. The van der Waals surface area contributed by atoms with E-state index in [1.807, 2.05) is 0 Å². The van der Waals surface area contributed by atoms with Crippen LogP contribution in [-0.2, 0) is 16.1 Å². The van der Waals surface area contributed by atoms with Gasteiger partial charge in [-0.2, -0.15) is 9.13 Å². The van der Waals surface area contributed by atoms with E-state index in [2.05, 4.69) is 24.6 Å². The van der Waals surface area contributed by atoms with Gasteiger partial charge in [0, 0.05) is 0 Å². The van der Waals surface area contributed by atoms with E-state index in [4.69, 9.17) is 0 Å². The molecule has 8 heteroatoms. The molecule has 0 aliphatic heterocycles. The third kappa shape index (κ3) is 2.35. The van der Waals surface area contributed by atoms with Crippen molar-refractivity contribution < 1.29 is 9.53 Å². The molecule has 0 aliphatic carbocycles. The van der Waals surface area contributed by atoms with E-state index in [1.54, 1.807) is 6.92 Å². The first-order valence-electron chi connectivity index (χ1n) is 3.58. The van der Waals surface area contributed by atoms with Gasteiger partial charge in [-0.3, -0.25) is 4.79 Å². The van der Waals surface area contributed by atoms with Crippen molar-refractivity contribution in [2.45, 2.75) is 13.5 Å². The molecule has 0 aromatic carbocycles. The van der Waals surface area contributed by atoms with Gasteiger partial charge in [-0.1, -0.05) is 0 Å². The summed E-state index contributed by atoms with van der Waals surface area (Å²) in [5.41, 5.74) is -0.474. The van der Waals surface area contributed by atoms with Crippen molar-refractivity contribution in [1.82, 2.24) is 19.6 Å². The number of tetrazole rings is 1. The van der Waals surface area contributed by atoms with E-state index in [1.165, 1.54) is 0 Å². The lowest BCUT2D eigenvalue weighted by Gasteiger charge is -1.98. The van der Waals surface area contributed by atoms with Crippen molar-refractivity contribution in [2.75, 3.05) is 6.61 Å². The summed E-state index contributed by atoms with van der Waals surface area (Å²) < 4.78 is 6.51. The summed E-state index contributed by atoms with van der Waals surface area (Å²) in [5.74, 6) is -0.505. The zero-order chi connectivity index (χ0) is 9.84. The fourth-order valence-electron chi connectivity index (χ4n) is 0.714. The normalized spacial score (nSPS) is 10.0. The molecule has 0 fully saturated rings. The van der Waals surface area contributed by atoms with Crippen molar-refractivity contribution >= 4 is 15.4 Å². The Hall–Kier alpha value is -1.23. The fraction of sp³-hybridized carbons (Fsp3) is 0.600. The summed E-state index contributed by atoms with van der Waals surface area (Å²) in [4.78, 5) is 22.0. The van der Waals surface area contributed by atoms with Gasteiger partial charge in [0.25, 0.3) is 0 Å². The van der Waals surface area contributed by atoms with Crippen LogP contribution in [0.4, 0.5) is 0 Å². The van der Waals surface area contributed by atoms with Crippen molar-refractivity contribution in [3.63, 3.8) is 0 Å². The maximum absolute atomic E-state index is 11.1. The molecule has 1 heterocycles. The summed E-state index contributed by atoms with van der Waals surface area (Å²) in [6.07, 6.45) is 0. The molecule has 0 radical (unpaired) electrons. The second kappa shape index (κ2) is 4.13. The highest BCUT2D eigenvalue weighted by atomic mass is 31.0. The quantitative estimate of drug-likeness (QED) is 0.449. The van der Waals surface area contributed by atoms with Gasteiger partial charge in [-0.05, 0) is 26.7 Å². The Morgan fingerprint density at radius 3 is 2.77 bits per heavy atom. The number of hydrogen-bond acceptors (Lipinski definition) is 5. The van der Waals surface area contributed by atoms with Crippen molar-refractivity contribution in [2.24, 2.45) is 0 Å². The minimum Gasteiger partial charge on any atom is -0.465 e. The Morgan fingerprint density at radius 2 is 2.31 bits per heavy atom. The minimum atomic E-state index is -0.505. The van der Waals surface area contributed by atoms with Crippen LogP contribution in [0.1, 0.15) is 6.92 Å². The third-order valence-electron chi connectivity index (χ3n) is 1.25. The molecule has 1 aromatic rings. The van der Waals surface area contributed by atoms with Crippen molar-refractivity contribution in [1.29, 1.82) is 0 Å². The SMILES string of the molecule is CCOC(=O)Cn1nnn(P)c1=O. The molecule has 1 aromatic heterocycles. The fourth-order valence-corrected chi connectivity index (χ4v) is 0.894. The highest BCUT2D eigenvalue weighted by Crippen LogP contribution is 1.83. The monoisotopic (exact) mass is 204 g/mol. The second-order valence-electron chi connectivity index (χ2n) is 2.17. The van der Waals surface area contributed by atoms with E-state index in [0.717, 1.165) is 9.13 Å². The lowest BCUT2D eigenvalue weighted by Crippen LogP contribution is -2.26. The third-order valence-corrected chi connectivity index (χ3v) is 1.57. The lowest BCUT2D eigenvalue weighted by molar-refractivity contribution is -0.144. The molecule has 1 atom stereocenters. The molecule has 0 aliphatic rings. The van der Waals surface area contributed by atoms with E-state index in [0.29, 0.717) is 0 Å². The van der Waals surface area contributed by atoms with Crippen LogP contribution >= 0.6 is 9.39 Å². The van der Waals surface area contributed by atoms with Gasteiger partial charge in [-0.15, -0.1) is 0 Å². The molecule has 7 nitrogen and oxygen atoms in total. The molecule has 0 bridgehead atoms. The molecule has 0 amide bonds. The number of nitrogens with zero attached hydrogens (tertiary/aromatic N) is 4. The Bertz CT molecular complexity index is 357. The van der Waals surface area contributed by atoms with Gasteiger partial charge in [0.15, 0.2) is 0 Å². The number of carbonyl (C=O) groups excluding carboxylic acids is 1. The lowest BCUT2D eigenvalue weighted by atomic mass is 10.6.